The molecule has 0 heterocycles. The molecule has 1 aromatic rings. The number of nitrogens with two attached hydrogens (primary N) is 1. The van der Waals surface area contributed by atoms with Crippen molar-refractivity contribution in [3.8, 4) is 0 Å². The molecule has 0 aromatic heterocycles. The summed E-state index contributed by atoms with van der Waals surface area (Å²) < 4.78 is 37.4. The first kappa shape index (κ1) is 11.0. The van der Waals surface area contributed by atoms with E-state index >= 15 is 0 Å². The molecule has 1 aromatic carbocycles. The summed E-state index contributed by atoms with van der Waals surface area (Å²) in [5.74, 6) is 0. The van der Waals surface area contributed by atoms with Crippen LogP contribution >= 0.6 is 0 Å². The summed E-state index contributed by atoms with van der Waals surface area (Å²) in [6.07, 6.45) is -4.10. The number of benzene rings is 1. The lowest BCUT2D eigenvalue weighted by Crippen LogP contribution is -2.16. The maximum atomic E-state index is 12.5. The summed E-state index contributed by atoms with van der Waals surface area (Å²) >= 11 is 0. The van der Waals surface area contributed by atoms with Crippen LogP contribution in [0, 0.1) is 6.92 Å². The van der Waals surface area contributed by atoms with Gasteiger partial charge in [0.2, 0.25) is 0 Å². The second-order valence-corrected chi connectivity index (χ2v) is 2.98. The van der Waals surface area contributed by atoms with E-state index in [1.54, 1.807) is 6.07 Å². The van der Waals surface area contributed by atoms with Crippen LogP contribution in [0.2, 0.25) is 0 Å². The maximum absolute atomic E-state index is 12.5. The van der Waals surface area contributed by atoms with Crippen LogP contribution in [-0.2, 0) is 6.18 Å². The van der Waals surface area contributed by atoms with Crippen molar-refractivity contribution in [3.63, 3.8) is 0 Å². The molecule has 0 fully saturated rings. The zero-order chi connectivity index (χ0) is 10.8. The van der Waals surface area contributed by atoms with Gasteiger partial charge in [0.25, 0.3) is 0 Å². The lowest BCUT2D eigenvalue weighted by Gasteiger charge is -2.16. The van der Waals surface area contributed by atoms with Crippen molar-refractivity contribution in [2.75, 3.05) is 0 Å². The van der Waals surface area contributed by atoms with Crippen molar-refractivity contribution in [1.82, 2.24) is 0 Å². The van der Waals surface area contributed by atoms with Crippen molar-refractivity contribution in [2.24, 2.45) is 5.73 Å². The molecule has 0 amide bonds. The van der Waals surface area contributed by atoms with Gasteiger partial charge in [-0.05, 0) is 18.1 Å². The highest BCUT2D eigenvalue weighted by atomic mass is 19.4. The molecule has 0 spiro atoms. The van der Waals surface area contributed by atoms with Crippen LogP contribution in [0.3, 0.4) is 0 Å². The van der Waals surface area contributed by atoms with Gasteiger partial charge in [0.15, 0.2) is 0 Å². The van der Waals surface area contributed by atoms with Crippen LogP contribution in [0.5, 0.6) is 0 Å². The topological polar surface area (TPSA) is 26.0 Å². The van der Waals surface area contributed by atoms with E-state index in [0.29, 0.717) is 0 Å². The van der Waals surface area contributed by atoms with Crippen LogP contribution in [0.25, 0.3) is 0 Å². The van der Waals surface area contributed by atoms with E-state index in [2.05, 4.69) is 6.92 Å². The van der Waals surface area contributed by atoms with Gasteiger partial charge in [0.1, 0.15) is 0 Å². The lowest BCUT2D eigenvalue weighted by atomic mass is 9.99. The summed E-state index contributed by atoms with van der Waals surface area (Å²) in [4.78, 5) is 0. The maximum Gasteiger partial charge on any atom is 0.416 e. The third-order valence-electron chi connectivity index (χ3n) is 1.98. The molecular formula is C10H11F3N. The first-order valence-corrected chi connectivity index (χ1v) is 4.17. The second-order valence-electron chi connectivity index (χ2n) is 2.98. The van der Waals surface area contributed by atoms with Gasteiger partial charge in [0.05, 0.1) is 5.56 Å². The van der Waals surface area contributed by atoms with Crippen molar-refractivity contribution >= 4 is 0 Å². The molecule has 77 valence electrons. The molecular weight excluding hydrogens is 191 g/mol. The lowest BCUT2D eigenvalue weighted by molar-refractivity contribution is -0.138. The molecule has 14 heavy (non-hydrogen) atoms. The average Bonchev–Trinajstić information content (AvgIpc) is 2.15. The molecule has 0 bridgehead atoms. The molecule has 2 N–H and O–H groups in total. The van der Waals surface area contributed by atoms with Crippen molar-refractivity contribution in [3.05, 3.63) is 42.3 Å². The van der Waals surface area contributed by atoms with Crippen molar-refractivity contribution in [1.29, 1.82) is 0 Å². The fraction of sp³-hybridized carbons (Fsp3) is 0.300. The molecule has 0 aliphatic heterocycles. The number of hydrogen-bond donors (Lipinski definition) is 1. The van der Waals surface area contributed by atoms with E-state index < -0.39 is 17.8 Å². The molecule has 0 saturated carbocycles. The van der Waals surface area contributed by atoms with Gasteiger partial charge in [-0.3, -0.25) is 0 Å². The fourth-order valence-electron chi connectivity index (χ4n) is 1.23. The van der Waals surface area contributed by atoms with Crippen LogP contribution in [0.1, 0.15) is 23.6 Å². The Labute approximate surface area is 80.7 Å². The first-order chi connectivity index (χ1) is 6.46. The quantitative estimate of drug-likeness (QED) is 0.783. The van der Waals surface area contributed by atoms with Gasteiger partial charge >= 0.3 is 6.18 Å². The Morgan fingerprint density at radius 2 is 1.86 bits per heavy atom. The highest BCUT2D eigenvalue weighted by Gasteiger charge is 2.33. The third-order valence-corrected chi connectivity index (χ3v) is 1.98. The molecule has 0 saturated heterocycles. The molecule has 0 aliphatic carbocycles. The molecule has 1 rings (SSSR count). The minimum Gasteiger partial charge on any atom is -0.324 e. The summed E-state index contributed by atoms with van der Waals surface area (Å²) in [6.45, 7) is 3.49. The van der Waals surface area contributed by atoms with Crippen LogP contribution in [0.15, 0.2) is 24.3 Å². The Hall–Kier alpha value is -1.03. The number of halogens is 3. The zero-order valence-corrected chi connectivity index (χ0v) is 7.51. The molecule has 1 nitrogen and oxygen atoms in total. The largest absolute Gasteiger partial charge is 0.416 e. The molecule has 4 heteroatoms. The van der Waals surface area contributed by atoms with E-state index in [9.17, 15) is 13.2 Å². The molecule has 0 aliphatic rings. The van der Waals surface area contributed by atoms with E-state index in [4.69, 9.17) is 5.73 Å². The molecule has 1 radical (unpaired) electrons. The van der Waals surface area contributed by atoms with Crippen LogP contribution in [-0.4, -0.2) is 0 Å². The Balaban J connectivity index is 3.16. The fourth-order valence-corrected chi connectivity index (χ4v) is 1.23. The third kappa shape index (κ3) is 2.26. The van der Waals surface area contributed by atoms with Crippen LogP contribution < -0.4 is 5.73 Å². The Morgan fingerprint density at radius 3 is 2.36 bits per heavy atom. The van der Waals surface area contributed by atoms with Gasteiger partial charge in [-0.1, -0.05) is 25.1 Å². The summed E-state index contributed by atoms with van der Waals surface area (Å²) in [5.41, 5.74) is 4.97. The highest BCUT2D eigenvalue weighted by Crippen LogP contribution is 2.34. The van der Waals surface area contributed by atoms with Gasteiger partial charge < -0.3 is 5.73 Å². The average molecular weight is 202 g/mol. The summed E-state index contributed by atoms with van der Waals surface area (Å²) in [5, 5.41) is 0. The van der Waals surface area contributed by atoms with Crippen molar-refractivity contribution < 1.29 is 13.2 Å². The standard InChI is InChI=1S/C10H11F3N/c1-2-9(14)7-5-3-4-6-8(7)10(11,12)13/h3-6,9H,1-2,14H2/t9-/m0/s1. The van der Waals surface area contributed by atoms with Crippen LogP contribution in [0.4, 0.5) is 13.2 Å². The minimum atomic E-state index is -4.34. The van der Waals surface area contributed by atoms with E-state index in [0.717, 1.165) is 6.07 Å². The molecule has 1 atom stereocenters. The monoisotopic (exact) mass is 202 g/mol. The first-order valence-electron chi connectivity index (χ1n) is 4.17. The zero-order valence-electron chi connectivity index (χ0n) is 7.51. The normalized spacial score (nSPS) is 14.1. The second kappa shape index (κ2) is 4.00. The van der Waals surface area contributed by atoms with E-state index in [1.807, 2.05) is 0 Å². The smallest absolute Gasteiger partial charge is 0.324 e. The number of hydrogen-bond acceptors (Lipinski definition) is 1. The predicted octanol–water partition coefficient (Wildman–Crippen LogP) is 2.93. The summed E-state index contributed by atoms with van der Waals surface area (Å²) in [7, 11) is 0. The Kier molecular flexibility index (Phi) is 3.16. The van der Waals surface area contributed by atoms with E-state index in [1.165, 1.54) is 12.1 Å². The van der Waals surface area contributed by atoms with Crippen molar-refractivity contribution in [2.45, 2.75) is 18.6 Å². The van der Waals surface area contributed by atoms with Gasteiger partial charge in [-0.15, -0.1) is 0 Å². The van der Waals surface area contributed by atoms with Gasteiger partial charge in [-0.2, -0.15) is 13.2 Å². The Morgan fingerprint density at radius 1 is 1.29 bits per heavy atom. The minimum absolute atomic E-state index is 0.106. The predicted molar refractivity (Wildman–Crippen MR) is 48.3 cm³/mol. The van der Waals surface area contributed by atoms with Gasteiger partial charge in [-0.25, -0.2) is 0 Å². The number of alkyl halides is 3. The molecule has 0 unspecified atom stereocenters. The Bertz CT molecular complexity index is 306. The SMILES string of the molecule is [CH2]C[C@H](N)c1ccccc1C(F)(F)F. The summed E-state index contributed by atoms with van der Waals surface area (Å²) in [6, 6.07) is 4.65. The van der Waals surface area contributed by atoms with Gasteiger partial charge in [0, 0.05) is 6.04 Å². The highest BCUT2D eigenvalue weighted by molar-refractivity contribution is 5.32. The van der Waals surface area contributed by atoms with E-state index in [-0.39, 0.29) is 12.0 Å². The number of rotatable bonds is 2.